The summed E-state index contributed by atoms with van der Waals surface area (Å²) in [6.45, 7) is 2.88. The number of hydrogen-bond donors (Lipinski definition) is 1. The summed E-state index contributed by atoms with van der Waals surface area (Å²) < 4.78 is 5.39. The molecule has 172 valence electrons. The highest BCUT2D eigenvalue weighted by atomic mass is 16.5. The molecule has 1 N–H and O–H groups in total. The van der Waals surface area contributed by atoms with Gasteiger partial charge >= 0.3 is 0 Å². The summed E-state index contributed by atoms with van der Waals surface area (Å²) in [5, 5.41) is 12.5. The first-order valence-corrected chi connectivity index (χ1v) is 12.0. The first kappa shape index (κ1) is 23.1. The number of benzene rings is 2. The molecule has 1 fully saturated rings. The minimum atomic E-state index is -0.134. The van der Waals surface area contributed by atoms with E-state index < -0.39 is 0 Å². The Kier molecular flexibility index (Phi) is 7.47. The predicted octanol–water partition coefficient (Wildman–Crippen LogP) is 4.85. The van der Waals surface area contributed by atoms with E-state index >= 15 is 0 Å². The summed E-state index contributed by atoms with van der Waals surface area (Å²) in [7, 11) is 1.64. The van der Waals surface area contributed by atoms with Crippen molar-refractivity contribution in [1.29, 1.82) is 5.26 Å². The normalized spacial score (nSPS) is 17.8. The number of rotatable bonds is 7. The summed E-state index contributed by atoms with van der Waals surface area (Å²) in [6, 6.07) is 16.0. The average Bonchev–Trinajstić information content (AvgIpc) is 2.86. The van der Waals surface area contributed by atoms with Crippen LogP contribution in [0, 0.1) is 11.3 Å². The number of methoxy groups -OCH3 is 1. The van der Waals surface area contributed by atoms with Crippen LogP contribution in [0.25, 0.3) is 6.08 Å². The van der Waals surface area contributed by atoms with Gasteiger partial charge in [-0.05, 0) is 61.1 Å². The van der Waals surface area contributed by atoms with E-state index in [2.05, 4.69) is 22.4 Å². The van der Waals surface area contributed by atoms with Gasteiger partial charge in [-0.3, -0.25) is 9.69 Å². The van der Waals surface area contributed by atoms with Crippen LogP contribution < -0.4 is 10.1 Å². The van der Waals surface area contributed by atoms with Gasteiger partial charge in [0.25, 0.3) is 0 Å². The quantitative estimate of drug-likeness (QED) is 0.622. The fourth-order valence-corrected chi connectivity index (χ4v) is 5.18. The van der Waals surface area contributed by atoms with Gasteiger partial charge in [-0.25, -0.2) is 0 Å². The van der Waals surface area contributed by atoms with Crippen molar-refractivity contribution in [2.75, 3.05) is 20.2 Å². The Labute approximate surface area is 197 Å². The number of carbonyl (C=O) groups excluding carboxylic acids is 1. The van der Waals surface area contributed by atoms with E-state index in [1.165, 1.54) is 17.5 Å². The van der Waals surface area contributed by atoms with Gasteiger partial charge in [0.15, 0.2) is 0 Å². The van der Waals surface area contributed by atoms with Crippen LogP contribution in [0.5, 0.6) is 5.75 Å². The Hall–Kier alpha value is -3.10. The summed E-state index contributed by atoms with van der Waals surface area (Å²) in [5.41, 5.74) is 4.13. The van der Waals surface area contributed by atoms with E-state index in [0.29, 0.717) is 0 Å². The molecule has 2 aromatic rings. The minimum absolute atomic E-state index is 0.0316. The molecule has 0 bridgehead atoms. The van der Waals surface area contributed by atoms with E-state index in [1.807, 2.05) is 42.5 Å². The Morgan fingerprint density at radius 1 is 1.18 bits per heavy atom. The van der Waals surface area contributed by atoms with Crippen molar-refractivity contribution in [2.45, 2.75) is 57.0 Å². The van der Waals surface area contributed by atoms with Crippen LogP contribution in [0.3, 0.4) is 0 Å². The second kappa shape index (κ2) is 10.7. The number of nitrogens with one attached hydrogen (secondary N) is 1. The number of amides is 1. The Morgan fingerprint density at radius 2 is 2.00 bits per heavy atom. The molecule has 5 nitrogen and oxygen atoms in total. The molecule has 1 amide bonds. The standard InChI is InChI=1S/C28H33N3O2/c1-33-26-8-4-3-7-23(26)11-12-27(32)30-28(14-5-2-6-15-28)16-18-31-17-13-24-19-22(20-29)9-10-25(24)21-31/h3-4,7-12,19H,2,5-6,13-18,21H2,1H3,(H,30,32). The van der Waals surface area contributed by atoms with E-state index in [4.69, 9.17) is 10.00 Å². The van der Waals surface area contributed by atoms with Gasteiger partial charge in [-0.15, -0.1) is 0 Å². The Morgan fingerprint density at radius 3 is 2.79 bits per heavy atom. The van der Waals surface area contributed by atoms with Crippen molar-refractivity contribution >= 4 is 12.0 Å². The highest BCUT2D eigenvalue weighted by Crippen LogP contribution is 2.32. The van der Waals surface area contributed by atoms with Crippen molar-refractivity contribution in [3.05, 3.63) is 70.8 Å². The molecule has 2 aromatic carbocycles. The molecule has 0 radical (unpaired) electrons. The zero-order valence-corrected chi connectivity index (χ0v) is 19.5. The predicted molar refractivity (Wildman–Crippen MR) is 131 cm³/mol. The van der Waals surface area contributed by atoms with Crippen molar-refractivity contribution in [3.8, 4) is 11.8 Å². The van der Waals surface area contributed by atoms with Crippen LogP contribution >= 0.6 is 0 Å². The topological polar surface area (TPSA) is 65.4 Å². The van der Waals surface area contributed by atoms with E-state index in [1.54, 1.807) is 13.2 Å². The highest BCUT2D eigenvalue weighted by Gasteiger charge is 2.33. The first-order valence-electron chi connectivity index (χ1n) is 12.0. The molecule has 5 heteroatoms. The summed E-state index contributed by atoms with van der Waals surface area (Å²) >= 11 is 0. The molecular formula is C28H33N3O2. The second-order valence-corrected chi connectivity index (χ2v) is 9.28. The molecule has 0 saturated heterocycles. The van der Waals surface area contributed by atoms with Gasteiger partial charge < -0.3 is 10.1 Å². The van der Waals surface area contributed by atoms with Crippen molar-refractivity contribution in [3.63, 3.8) is 0 Å². The number of para-hydroxylation sites is 1. The number of nitrogens with zero attached hydrogens (tertiary/aromatic N) is 2. The molecule has 1 aliphatic heterocycles. The molecular weight excluding hydrogens is 410 g/mol. The van der Waals surface area contributed by atoms with Crippen LogP contribution in [-0.4, -0.2) is 36.5 Å². The van der Waals surface area contributed by atoms with Crippen LogP contribution in [-0.2, 0) is 17.8 Å². The van der Waals surface area contributed by atoms with Crippen molar-refractivity contribution < 1.29 is 9.53 Å². The minimum Gasteiger partial charge on any atom is -0.496 e. The van der Waals surface area contributed by atoms with Crippen LogP contribution in [0.15, 0.2) is 48.5 Å². The smallest absolute Gasteiger partial charge is 0.244 e. The maximum absolute atomic E-state index is 12.9. The third kappa shape index (κ3) is 5.83. The molecule has 0 atom stereocenters. The number of nitriles is 1. The monoisotopic (exact) mass is 443 g/mol. The van der Waals surface area contributed by atoms with Gasteiger partial charge in [0.2, 0.25) is 5.91 Å². The molecule has 0 aromatic heterocycles. The van der Waals surface area contributed by atoms with Crippen LogP contribution in [0.2, 0.25) is 0 Å². The lowest BCUT2D eigenvalue weighted by molar-refractivity contribution is -0.118. The largest absolute Gasteiger partial charge is 0.496 e. The molecule has 1 aliphatic carbocycles. The van der Waals surface area contributed by atoms with Gasteiger partial charge in [0.05, 0.1) is 18.7 Å². The summed E-state index contributed by atoms with van der Waals surface area (Å²) in [5.74, 6) is 0.733. The molecule has 33 heavy (non-hydrogen) atoms. The van der Waals surface area contributed by atoms with Crippen LogP contribution in [0.4, 0.5) is 0 Å². The van der Waals surface area contributed by atoms with Gasteiger partial charge in [-0.2, -0.15) is 5.26 Å². The fourth-order valence-electron chi connectivity index (χ4n) is 5.18. The van der Waals surface area contributed by atoms with Crippen molar-refractivity contribution in [2.24, 2.45) is 0 Å². The van der Waals surface area contributed by atoms with Gasteiger partial charge in [-0.1, -0.05) is 43.5 Å². The molecule has 2 aliphatic rings. The van der Waals surface area contributed by atoms with Gasteiger partial charge in [0.1, 0.15) is 5.75 Å². The number of hydrogen-bond acceptors (Lipinski definition) is 4. The molecule has 0 spiro atoms. The SMILES string of the molecule is COc1ccccc1C=CC(=O)NC1(CCN2CCc3cc(C#N)ccc3C2)CCCCC1. The molecule has 1 saturated carbocycles. The highest BCUT2D eigenvalue weighted by molar-refractivity contribution is 5.92. The van der Waals surface area contributed by atoms with E-state index in [-0.39, 0.29) is 11.4 Å². The van der Waals surface area contributed by atoms with E-state index in [0.717, 1.165) is 75.0 Å². The lowest BCUT2D eigenvalue weighted by atomic mass is 9.79. The molecule has 0 unspecified atom stereocenters. The maximum Gasteiger partial charge on any atom is 0.244 e. The number of ether oxygens (including phenoxy) is 1. The lowest BCUT2D eigenvalue weighted by Gasteiger charge is -2.40. The third-order valence-corrected chi connectivity index (χ3v) is 7.09. The van der Waals surface area contributed by atoms with Gasteiger partial charge in [0, 0.05) is 36.8 Å². The van der Waals surface area contributed by atoms with Crippen LogP contribution in [0.1, 0.15) is 60.8 Å². The molecule has 1 heterocycles. The molecule has 4 rings (SSSR count). The zero-order chi connectivity index (χ0) is 23.1. The number of carbonyl (C=O) groups is 1. The number of fused-ring (bicyclic) bond motifs is 1. The van der Waals surface area contributed by atoms with E-state index in [9.17, 15) is 4.79 Å². The lowest BCUT2D eigenvalue weighted by Crippen LogP contribution is -2.51. The van der Waals surface area contributed by atoms with Crippen molar-refractivity contribution in [1.82, 2.24) is 10.2 Å². The Bertz CT molecular complexity index is 1050. The fraction of sp³-hybridized carbons (Fsp3) is 0.429. The Balaban J connectivity index is 1.38. The zero-order valence-electron chi connectivity index (χ0n) is 19.5. The summed E-state index contributed by atoms with van der Waals surface area (Å²) in [4.78, 5) is 15.4. The third-order valence-electron chi connectivity index (χ3n) is 7.09. The first-order chi connectivity index (χ1) is 16.1. The second-order valence-electron chi connectivity index (χ2n) is 9.28. The maximum atomic E-state index is 12.9. The average molecular weight is 444 g/mol. The summed E-state index contributed by atoms with van der Waals surface area (Å²) in [6.07, 6.45) is 11.1.